The number of benzene rings is 1. The highest BCUT2D eigenvalue weighted by atomic mass is 35.5. The topological polar surface area (TPSA) is 66.4 Å². The molecule has 1 amide bonds. The first-order chi connectivity index (χ1) is 9.82. The Morgan fingerprint density at radius 1 is 1.29 bits per heavy atom. The number of hydrogen-bond acceptors (Lipinski definition) is 2. The zero-order valence-corrected chi connectivity index (χ0v) is 13.4. The number of carbonyl (C=O) groups excluding carboxylic acids is 1. The van der Waals surface area contributed by atoms with Crippen molar-refractivity contribution in [3.05, 3.63) is 34.3 Å². The first-order valence-corrected chi connectivity index (χ1v) is 7.49. The Labute approximate surface area is 130 Å². The molecular formula is C16H22ClNO3. The van der Waals surface area contributed by atoms with E-state index in [1.54, 1.807) is 19.1 Å². The van der Waals surface area contributed by atoms with E-state index in [2.05, 4.69) is 5.32 Å². The van der Waals surface area contributed by atoms with Gasteiger partial charge in [-0.15, -0.1) is 0 Å². The summed E-state index contributed by atoms with van der Waals surface area (Å²) in [5.41, 5.74) is 1.34. The summed E-state index contributed by atoms with van der Waals surface area (Å²) in [5.74, 6) is -1.32. The van der Waals surface area contributed by atoms with Crippen LogP contribution in [0.2, 0.25) is 5.02 Å². The molecule has 4 nitrogen and oxygen atoms in total. The van der Waals surface area contributed by atoms with Crippen LogP contribution in [-0.2, 0) is 4.79 Å². The lowest BCUT2D eigenvalue weighted by Gasteiger charge is -2.15. The molecule has 0 fully saturated rings. The zero-order valence-electron chi connectivity index (χ0n) is 12.6. The fourth-order valence-corrected chi connectivity index (χ4v) is 2.26. The van der Waals surface area contributed by atoms with Gasteiger partial charge in [0.1, 0.15) is 0 Å². The molecule has 0 aromatic heterocycles. The molecular weight excluding hydrogens is 290 g/mol. The second-order valence-corrected chi connectivity index (χ2v) is 5.86. The minimum atomic E-state index is -0.779. The number of halogens is 1. The normalized spacial score (nSPS) is 13.5. The lowest BCUT2D eigenvalue weighted by molar-refractivity contribution is -0.141. The first-order valence-electron chi connectivity index (χ1n) is 7.11. The summed E-state index contributed by atoms with van der Waals surface area (Å²) in [6, 6.07) is 5.34. The molecule has 21 heavy (non-hydrogen) atoms. The van der Waals surface area contributed by atoms with Gasteiger partial charge in [0.25, 0.3) is 5.91 Å². The second-order valence-electron chi connectivity index (χ2n) is 5.48. The fourth-order valence-electron chi connectivity index (χ4n) is 2.05. The molecule has 2 N–H and O–H groups in total. The second kappa shape index (κ2) is 8.03. The zero-order chi connectivity index (χ0) is 16.0. The average molecular weight is 312 g/mol. The van der Waals surface area contributed by atoms with Gasteiger partial charge in [0.2, 0.25) is 0 Å². The minimum absolute atomic E-state index is 0.0185. The van der Waals surface area contributed by atoms with Gasteiger partial charge in [0.15, 0.2) is 0 Å². The number of aliphatic carboxylic acids is 1. The van der Waals surface area contributed by atoms with Crippen LogP contribution >= 0.6 is 11.6 Å². The molecule has 0 bridgehead atoms. The monoisotopic (exact) mass is 311 g/mol. The number of carbonyl (C=O) groups is 2. The lowest BCUT2D eigenvalue weighted by Crippen LogP contribution is -2.32. The van der Waals surface area contributed by atoms with Crippen LogP contribution in [0.25, 0.3) is 0 Å². The van der Waals surface area contributed by atoms with Crippen molar-refractivity contribution in [2.24, 2.45) is 5.92 Å². The number of nitrogens with one attached hydrogen (secondary N) is 1. The van der Waals surface area contributed by atoms with Crippen LogP contribution in [0.15, 0.2) is 18.2 Å². The van der Waals surface area contributed by atoms with E-state index < -0.39 is 5.97 Å². The Bertz CT molecular complexity index is 516. The molecule has 0 aliphatic heterocycles. The van der Waals surface area contributed by atoms with Crippen LogP contribution in [0.3, 0.4) is 0 Å². The van der Waals surface area contributed by atoms with E-state index in [9.17, 15) is 9.59 Å². The van der Waals surface area contributed by atoms with Crippen molar-refractivity contribution in [3.63, 3.8) is 0 Å². The van der Waals surface area contributed by atoms with Crippen LogP contribution in [0.1, 0.15) is 49.0 Å². The van der Waals surface area contributed by atoms with Gasteiger partial charge in [-0.25, -0.2) is 0 Å². The predicted molar refractivity (Wildman–Crippen MR) is 83.8 cm³/mol. The number of carboxylic acid groups (broad SMARTS) is 1. The van der Waals surface area contributed by atoms with Crippen molar-refractivity contribution in [2.45, 2.75) is 46.1 Å². The summed E-state index contributed by atoms with van der Waals surface area (Å²) < 4.78 is 0. The lowest BCUT2D eigenvalue weighted by atomic mass is 10.0. The number of aryl methyl sites for hydroxylation is 1. The summed E-state index contributed by atoms with van der Waals surface area (Å²) in [5, 5.41) is 12.2. The largest absolute Gasteiger partial charge is 0.481 e. The van der Waals surface area contributed by atoms with Gasteiger partial charge < -0.3 is 10.4 Å². The number of amides is 1. The van der Waals surface area contributed by atoms with Crippen molar-refractivity contribution in [2.75, 3.05) is 0 Å². The molecule has 5 heteroatoms. The van der Waals surface area contributed by atoms with E-state index in [1.807, 2.05) is 19.9 Å². The first kappa shape index (κ1) is 17.5. The Kier molecular flexibility index (Phi) is 6.69. The van der Waals surface area contributed by atoms with Gasteiger partial charge in [0.05, 0.1) is 16.5 Å². The van der Waals surface area contributed by atoms with Gasteiger partial charge in [-0.2, -0.15) is 0 Å². The quantitative estimate of drug-likeness (QED) is 0.807. The van der Waals surface area contributed by atoms with Crippen molar-refractivity contribution >= 4 is 23.5 Å². The summed E-state index contributed by atoms with van der Waals surface area (Å²) in [7, 11) is 0. The van der Waals surface area contributed by atoms with E-state index in [1.165, 1.54) is 0 Å². The van der Waals surface area contributed by atoms with Crippen LogP contribution in [0.5, 0.6) is 0 Å². The van der Waals surface area contributed by atoms with Crippen molar-refractivity contribution in [1.29, 1.82) is 0 Å². The Morgan fingerprint density at radius 3 is 2.57 bits per heavy atom. The molecule has 2 unspecified atom stereocenters. The maximum absolute atomic E-state index is 12.1. The maximum atomic E-state index is 12.1. The molecule has 0 saturated heterocycles. The van der Waals surface area contributed by atoms with Crippen molar-refractivity contribution < 1.29 is 14.7 Å². The molecule has 0 aliphatic carbocycles. The Balaban J connectivity index is 2.47. The van der Waals surface area contributed by atoms with E-state index in [0.717, 1.165) is 18.4 Å². The van der Waals surface area contributed by atoms with E-state index >= 15 is 0 Å². The van der Waals surface area contributed by atoms with Gasteiger partial charge in [-0.1, -0.05) is 37.1 Å². The predicted octanol–water partition coefficient (Wildman–Crippen LogP) is 3.66. The molecule has 1 aromatic rings. The standard InChI is InChI=1S/C16H22ClNO3/c1-10-6-5-9-13(14(10)17)15(19)18-12(3)8-4-7-11(2)16(20)21/h5-6,9,11-12H,4,7-8H2,1-3H3,(H,18,19)(H,20,21). The van der Waals surface area contributed by atoms with Crippen LogP contribution < -0.4 is 5.32 Å². The highest BCUT2D eigenvalue weighted by molar-refractivity contribution is 6.34. The average Bonchev–Trinajstić information content (AvgIpc) is 2.41. The third-order valence-corrected chi connectivity index (χ3v) is 4.01. The van der Waals surface area contributed by atoms with E-state index in [4.69, 9.17) is 16.7 Å². The summed E-state index contributed by atoms with van der Waals surface area (Å²) in [4.78, 5) is 22.9. The molecule has 0 aliphatic rings. The molecule has 1 aromatic carbocycles. The molecule has 0 radical (unpaired) electrons. The van der Waals surface area contributed by atoms with Gasteiger partial charge in [-0.3, -0.25) is 9.59 Å². The van der Waals surface area contributed by atoms with Crippen LogP contribution in [-0.4, -0.2) is 23.0 Å². The summed E-state index contributed by atoms with van der Waals surface area (Å²) >= 11 is 6.13. The molecule has 0 spiro atoms. The molecule has 0 saturated carbocycles. The minimum Gasteiger partial charge on any atom is -0.481 e. The summed E-state index contributed by atoms with van der Waals surface area (Å²) in [6.07, 6.45) is 2.12. The number of hydrogen-bond donors (Lipinski definition) is 2. The third-order valence-electron chi connectivity index (χ3n) is 3.51. The maximum Gasteiger partial charge on any atom is 0.306 e. The molecule has 0 heterocycles. The molecule has 1 rings (SSSR count). The Morgan fingerprint density at radius 2 is 1.95 bits per heavy atom. The van der Waals surface area contributed by atoms with E-state index in [-0.39, 0.29) is 17.9 Å². The smallest absolute Gasteiger partial charge is 0.306 e. The van der Waals surface area contributed by atoms with E-state index in [0.29, 0.717) is 17.0 Å². The summed E-state index contributed by atoms with van der Waals surface area (Å²) in [6.45, 7) is 5.46. The van der Waals surface area contributed by atoms with Crippen LogP contribution in [0.4, 0.5) is 0 Å². The highest BCUT2D eigenvalue weighted by Crippen LogP contribution is 2.20. The fraction of sp³-hybridized carbons (Fsp3) is 0.500. The SMILES string of the molecule is Cc1cccc(C(=O)NC(C)CCCC(C)C(=O)O)c1Cl. The number of carboxylic acids is 1. The highest BCUT2D eigenvalue weighted by Gasteiger charge is 2.15. The van der Waals surface area contributed by atoms with Gasteiger partial charge in [-0.05, 0) is 38.3 Å². The third kappa shape index (κ3) is 5.38. The van der Waals surface area contributed by atoms with Crippen LogP contribution in [0, 0.1) is 12.8 Å². The van der Waals surface area contributed by atoms with Crippen molar-refractivity contribution in [1.82, 2.24) is 5.32 Å². The Hall–Kier alpha value is -1.55. The van der Waals surface area contributed by atoms with Crippen molar-refractivity contribution in [3.8, 4) is 0 Å². The van der Waals surface area contributed by atoms with Gasteiger partial charge in [0, 0.05) is 6.04 Å². The van der Waals surface area contributed by atoms with Gasteiger partial charge >= 0.3 is 5.97 Å². The molecule has 116 valence electrons. The molecule has 2 atom stereocenters. The number of rotatable bonds is 7.